The van der Waals surface area contributed by atoms with Crippen LogP contribution in [0.15, 0.2) is 28.7 Å². The van der Waals surface area contributed by atoms with E-state index in [9.17, 15) is 4.79 Å². The fourth-order valence-electron chi connectivity index (χ4n) is 1.77. The molecular formula is C12H13BrO2. The monoisotopic (exact) mass is 268 g/mol. The van der Waals surface area contributed by atoms with Crippen LogP contribution in [-0.4, -0.2) is 19.0 Å². The van der Waals surface area contributed by atoms with Crippen LogP contribution in [0, 0.1) is 5.92 Å². The molecule has 2 nitrogen and oxygen atoms in total. The minimum absolute atomic E-state index is 0.0555. The molecule has 0 aliphatic carbocycles. The Labute approximate surface area is 97.8 Å². The number of benzene rings is 1. The molecule has 1 aliphatic heterocycles. The molecule has 0 amide bonds. The van der Waals surface area contributed by atoms with Crippen molar-refractivity contribution in [2.45, 2.75) is 12.8 Å². The van der Waals surface area contributed by atoms with E-state index in [1.807, 2.05) is 24.3 Å². The second kappa shape index (κ2) is 4.90. The van der Waals surface area contributed by atoms with Crippen molar-refractivity contribution < 1.29 is 9.53 Å². The Bertz CT molecular complexity index is 345. The van der Waals surface area contributed by atoms with Gasteiger partial charge in [-0.25, -0.2) is 0 Å². The van der Waals surface area contributed by atoms with Crippen molar-refractivity contribution in [3.8, 4) is 0 Å². The summed E-state index contributed by atoms with van der Waals surface area (Å²) >= 11 is 3.39. The summed E-state index contributed by atoms with van der Waals surface area (Å²) in [5.74, 6) is 0.393. The van der Waals surface area contributed by atoms with E-state index in [1.165, 1.54) is 5.56 Å². The Morgan fingerprint density at radius 1 is 1.33 bits per heavy atom. The molecule has 0 aromatic heterocycles. The molecule has 80 valence electrons. The van der Waals surface area contributed by atoms with Crippen molar-refractivity contribution in [2.24, 2.45) is 5.92 Å². The van der Waals surface area contributed by atoms with Crippen molar-refractivity contribution in [1.29, 1.82) is 0 Å². The molecule has 0 unspecified atom stereocenters. The third-order valence-corrected chi connectivity index (χ3v) is 3.19. The van der Waals surface area contributed by atoms with E-state index in [0.717, 1.165) is 10.9 Å². The Morgan fingerprint density at radius 2 is 2.07 bits per heavy atom. The van der Waals surface area contributed by atoms with Gasteiger partial charge in [-0.2, -0.15) is 0 Å². The number of ketones is 1. The number of carbonyl (C=O) groups excluding carboxylic acids is 1. The van der Waals surface area contributed by atoms with E-state index in [0.29, 0.717) is 25.4 Å². The number of rotatable bonds is 2. The molecule has 2 rings (SSSR count). The van der Waals surface area contributed by atoms with Gasteiger partial charge in [0.2, 0.25) is 0 Å². The highest BCUT2D eigenvalue weighted by Gasteiger charge is 2.22. The largest absolute Gasteiger partial charge is 0.380 e. The van der Waals surface area contributed by atoms with Crippen LogP contribution in [0.3, 0.4) is 0 Å². The Hall–Kier alpha value is -0.670. The Kier molecular flexibility index (Phi) is 3.54. The van der Waals surface area contributed by atoms with E-state index >= 15 is 0 Å². The lowest BCUT2D eigenvalue weighted by atomic mass is 9.93. The van der Waals surface area contributed by atoms with Gasteiger partial charge in [0.15, 0.2) is 0 Å². The van der Waals surface area contributed by atoms with Gasteiger partial charge in [-0.15, -0.1) is 0 Å². The summed E-state index contributed by atoms with van der Waals surface area (Å²) in [6.07, 6.45) is 1.37. The van der Waals surface area contributed by atoms with Crippen LogP contribution in [0.25, 0.3) is 0 Å². The maximum atomic E-state index is 11.6. The number of hydrogen-bond donors (Lipinski definition) is 0. The van der Waals surface area contributed by atoms with Crippen molar-refractivity contribution >= 4 is 21.7 Å². The highest BCUT2D eigenvalue weighted by atomic mass is 79.9. The molecule has 0 radical (unpaired) electrons. The van der Waals surface area contributed by atoms with E-state index in [2.05, 4.69) is 15.9 Å². The molecule has 1 heterocycles. The van der Waals surface area contributed by atoms with E-state index in [4.69, 9.17) is 4.74 Å². The minimum atomic E-state index is 0.0555. The normalized spacial score (nSPS) is 21.7. The predicted octanol–water partition coefficient (Wildman–Crippen LogP) is 2.60. The molecule has 1 saturated heterocycles. The van der Waals surface area contributed by atoms with Gasteiger partial charge < -0.3 is 4.74 Å². The van der Waals surface area contributed by atoms with Crippen LogP contribution in [0.5, 0.6) is 0 Å². The van der Waals surface area contributed by atoms with Gasteiger partial charge in [0.05, 0.1) is 13.2 Å². The zero-order valence-electron chi connectivity index (χ0n) is 8.41. The van der Waals surface area contributed by atoms with Gasteiger partial charge in [0, 0.05) is 16.8 Å². The number of carbonyl (C=O) groups is 1. The maximum absolute atomic E-state index is 11.6. The molecular weight excluding hydrogens is 256 g/mol. The summed E-state index contributed by atoms with van der Waals surface area (Å²) in [4.78, 5) is 11.6. The van der Waals surface area contributed by atoms with Gasteiger partial charge in [-0.1, -0.05) is 28.1 Å². The molecule has 1 aromatic carbocycles. The highest BCUT2D eigenvalue weighted by molar-refractivity contribution is 9.10. The fraction of sp³-hybridized carbons (Fsp3) is 0.417. The average molecular weight is 269 g/mol. The molecule has 0 saturated carbocycles. The van der Waals surface area contributed by atoms with Crippen LogP contribution in [0.1, 0.15) is 12.0 Å². The van der Waals surface area contributed by atoms with Crippen molar-refractivity contribution in [3.05, 3.63) is 34.3 Å². The first-order valence-corrected chi connectivity index (χ1v) is 5.90. The average Bonchev–Trinajstić information content (AvgIpc) is 2.25. The quantitative estimate of drug-likeness (QED) is 0.824. The summed E-state index contributed by atoms with van der Waals surface area (Å²) in [5, 5.41) is 0. The lowest BCUT2D eigenvalue weighted by molar-refractivity contribution is -0.130. The third-order valence-electron chi connectivity index (χ3n) is 2.66. The first-order valence-electron chi connectivity index (χ1n) is 5.10. The van der Waals surface area contributed by atoms with Gasteiger partial charge >= 0.3 is 0 Å². The van der Waals surface area contributed by atoms with Crippen molar-refractivity contribution in [2.75, 3.05) is 13.2 Å². The zero-order chi connectivity index (χ0) is 10.7. The standard InChI is InChI=1S/C12H13BrO2/c13-11-3-1-9(2-4-11)7-10-8-15-6-5-12(10)14/h1-4,10H,5-8H2/t10-/m0/s1. The summed E-state index contributed by atoms with van der Waals surface area (Å²) in [6.45, 7) is 1.17. The zero-order valence-corrected chi connectivity index (χ0v) is 10.00. The molecule has 0 N–H and O–H groups in total. The van der Waals surface area contributed by atoms with Gasteiger partial charge in [0.1, 0.15) is 5.78 Å². The van der Waals surface area contributed by atoms with Gasteiger partial charge in [-0.3, -0.25) is 4.79 Å². The lowest BCUT2D eigenvalue weighted by Crippen LogP contribution is -2.29. The molecule has 1 fully saturated rings. The van der Waals surface area contributed by atoms with E-state index < -0.39 is 0 Å². The predicted molar refractivity (Wildman–Crippen MR) is 61.8 cm³/mol. The van der Waals surface area contributed by atoms with Crippen molar-refractivity contribution in [1.82, 2.24) is 0 Å². The van der Waals surface area contributed by atoms with Crippen molar-refractivity contribution in [3.63, 3.8) is 0 Å². The highest BCUT2D eigenvalue weighted by Crippen LogP contribution is 2.18. The Balaban J connectivity index is 2.01. The summed E-state index contributed by atoms with van der Waals surface area (Å²) in [5.41, 5.74) is 1.20. The van der Waals surface area contributed by atoms with Gasteiger partial charge in [0.25, 0.3) is 0 Å². The Morgan fingerprint density at radius 3 is 2.73 bits per heavy atom. The van der Waals surface area contributed by atoms with Gasteiger partial charge in [-0.05, 0) is 24.1 Å². The van der Waals surface area contributed by atoms with Crippen LogP contribution in [0.4, 0.5) is 0 Å². The van der Waals surface area contributed by atoms with Crippen LogP contribution < -0.4 is 0 Å². The summed E-state index contributed by atoms with van der Waals surface area (Å²) in [6, 6.07) is 8.10. The molecule has 0 spiro atoms. The number of Topliss-reactive ketones (excluding diaryl/α,β-unsaturated/α-hetero) is 1. The van der Waals surface area contributed by atoms with E-state index in [-0.39, 0.29) is 5.92 Å². The second-order valence-electron chi connectivity index (χ2n) is 3.82. The molecule has 1 aliphatic rings. The van der Waals surface area contributed by atoms with Crippen LogP contribution in [-0.2, 0) is 16.0 Å². The molecule has 3 heteroatoms. The number of halogens is 1. The topological polar surface area (TPSA) is 26.3 Å². The first-order chi connectivity index (χ1) is 7.25. The maximum Gasteiger partial charge on any atom is 0.140 e. The third kappa shape index (κ3) is 2.89. The second-order valence-corrected chi connectivity index (χ2v) is 4.73. The minimum Gasteiger partial charge on any atom is -0.380 e. The van der Waals surface area contributed by atoms with Crippen LogP contribution >= 0.6 is 15.9 Å². The molecule has 15 heavy (non-hydrogen) atoms. The SMILES string of the molecule is O=C1CCOC[C@@H]1Cc1ccc(Br)cc1. The van der Waals surface area contributed by atoms with Crippen LogP contribution in [0.2, 0.25) is 0 Å². The fourth-order valence-corrected chi connectivity index (χ4v) is 2.04. The lowest BCUT2D eigenvalue weighted by Gasteiger charge is -2.20. The molecule has 1 atom stereocenters. The summed E-state index contributed by atoms with van der Waals surface area (Å²) in [7, 11) is 0. The van der Waals surface area contributed by atoms with E-state index in [1.54, 1.807) is 0 Å². The number of ether oxygens (including phenoxy) is 1. The summed E-state index contributed by atoms with van der Waals surface area (Å²) < 4.78 is 6.39. The molecule has 1 aromatic rings. The first kappa shape index (κ1) is 10.8. The number of hydrogen-bond acceptors (Lipinski definition) is 2. The molecule has 0 bridgehead atoms. The smallest absolute Gasteiger partial charge is 0.140 e.